The third-order valence-corrected chi connectivity index (χ3v) is 2.52. The average molecular weight is 216 g/mol. The molecule has 3 N–H and O–H groups in total. The molecule has 0 radical (unpaired) electrons. The zero-order valence-electron chi connectivity index (χ0n) is 8.81. The molecule has 16 heavy (non-hydrogen) atoms. The highest BCUT2D eigenvalue weighted by atomic mass is 16.3. The third kappa shape index (κ3) is 1.67. The molecule has 0 saturated heterocycles. The maximum Gasteiger partial charge on any atom is 0.158 e. The Kier molecular flexibility index (Phi) is 2.44. The fourth-order valence-corrected chi connectivity index (χ4v) is 1.58. The Bertz CT molecular complexity index is 533. The predicted molar refractivity (Wildman–Crippen MR) is 61.6 cm³/mol. The number of phenolic OH excluding ortho intramolecular Hbond substituents is 3. The molecular formula is C13H12O3. The fourth-order valence-electron chi connectivity index (χ4n) is 1.58. The first-order valence-corrected chi connectivity index (χ1v) is 4.90. The van der Waals surface area contributed by atoms with Crippen LogP contribution in [0, 0.1) is 6.92 Å². The summed E-state index contributed by atoms with van der Waals surface area (Å²) in [6.07, 6.45) is 0. The van der Waals surface area contributed by atoms with Crippen molar-refractivity contribution in [3.63, 3.8) is 0 Å². The number of benzene rings is 2. The molecule has 2 rings (SSSR count). The molecule has 0 bridgehead atoms. The molecule has 0 saturated carbocycles. The molecule has 0 aliphatic heterocycles. The number of phenols is 3. The molecule has 2 aromatic carbocycles. The Hall–Kier alpha value is -2.16. The van der Waals surface area contributed by atoms with E-state index in [1.807, 2.05) is 6.07 Å². The van der Waals surface area contributed by atoms with Crippen molar-refractivity contribution >= 4 is 0 Å². The second-order valence-electron chi connectivity index (χ2n) is 3.67. The third-order valence-electron chi connectivity index (χ3n) is 2.52. The van der Waals surface area contributed by atoms with Gasteiger partial charge in [-0.3, -0.25) is 0 Å². The number of para-hydroxylation sites is 1. The molecule has 0 aliphatic rings. The Balaban J connectivity index is 2.59. The van der Waals surface area contributed by atoms with E-state index >= 15 is 0 Å². The van der Waals surface area contributed by atoms with Gasteiger partial charge in [-0.15, -0.1) is 0 Å². The van der Waals surface area contributed by atoms with Crippen LogP contribution >= 0.6 is 0 Å². The second kappa shape index (κ2) is 3.77. The van der Waals surface area contributed by atoms with E-state index in [0.29, 0.717) is 11.1 Å². The van der Waals surface area contributed by atoms with Crippen molar-refractivity contribution in [2.45, 2.75) is 6.92 Å². The smallest absolute Gasteiger partial charge is 0.158 e. The minimum Gasteiger partial charge on any atom is -0.507 e. The van der Waals surface area contributed by atoms with Crippen molar-refractivity contribution in [1.29, 1.82) is 0 Å². The predicted octanol–water partition coefficient (Wildman–Crippen LogP) is 2.78. The van der Waals surface area contributed by atoms with Crippen LogP contribution in [0.2, 0.25) is 0 Å². The second-order valence-corrected chi connectivity index (χ2v) is 3.67. The molecule has 0 aromatic heterocycles. The number of aromatic hydroxyl groups is 3. The molecule has 82 valence electrons. The van der Waals surface area contributed by atoms with E-state index in [1.54, 1.807) is 25.1 Å². The van der Waals surface area contributed by atoms with Gasteiger partial charge in [0.1, 0.15) is 5.75 Å². The molecule has 0 amide bonds. The molecule has 3 heteroatoms. The molecule has 2 aromatic rings. The largest absolute Gasteiger partial charge is 0.507 e. The van der Waals surface area contributed by atoms with Crippen LogP contribution in [-0.2, 0) is 0 Å². The van der Waals surface area contributed by atoms with E-state index in [1.165, 1.54) is 12.1 Å². The highest BCUT2D eigenvalue weighted by molar-refractivity contribution is 5.73. The Morgan fingerprint density at radius 3 is 2.31 bits per heavy atom. The Morgan fingerprint density at radius 1 is 0.875 bits per heavy atom. The zero-order valence-corrected chi connectivity index (χ0v) is 8.81. The van der Waals surface area contributed by atoms with E-state index in [9.17, 15) is 15.3 Å². The van der Waals surface area contributed by atoms with Crippen LogP contribution in [0.3, 0.4) is 0 Å². The van der Waals surface area contributed by atoms with Gasteiger partial charge in [-0.1, -0.05) is 24.3 Å². The topological polar surface area (TPSA) is 60.7 Å². The van der Waals surface area contributed by atoms with Crippen LogP contribution in [0.25, 0.3) is 11.1 Å². The van der Waals surface area contributed by atoms with Crippen molar-refractivity contribution in [2.75, 3.05) is 0 Å². The van der Waals surface area contributed by atoms with Gasteiger partial charge in [0.25, 0.3) is 0 Å². The number of aryl methyl sites for hydroxylation is 1. The van der Waals surface area contributed by atoms with Crippen LogP contribution in [0.4, 0.5) is 0 Å². The van der Waals surface area contributed by atoms with Crippen LogP contribution in [-0.4, -0.2) is 15.3 Å². The summed E-state index contributed by atoms with van der Waals surface area (Å²) in [6.45, 7) is 1.80. The summed E-state index contributed by atoms with van der Waals surface area (Å²) in [6, 6.07) is 9.85. The summed E-state index contributed by atoms with van der Waals surface area (Å²) in [5.74, 6) is -0.179. The van der Waals surface area contributed by atoms with E-state index < -0.39 is 0 Å². The lowest BCUT2D eigenvalue weighted by Crippen LogP contribution is -1.82. The quantitative estimate of drug-likeness (QED) is 0.642. The van der Waals surface area contributed by atoms with Gasteiger partial charge >= 0.3 is 0 Å². The first-order valence-electron chi connectivity index (χ1n) is 4.90. The minimum absolute atomic E-state index is 0.170. The first-order chi connectivity index (χ1) is 7.59. The number of rotatable bonds is 1. The Morgan fingerprint density at radius 2 is 1.62 bits per heavy atom. The number of hydrogen-bond donors (Lipinski definition) is 3. The minimum atomic E-state index is -0.196. The molecule has 0 unspecified atom stereocenters. The van der Waals surface area contributed by atoms with Crippen LogP contribution in [0.5, 0.6) is 17.2 Å². The van der Waals surface area contributed by atoms with E-state index in [4.69, 9.17) is 0 Å². The van der Waals surface area contributed by atoms with E-state index in [2.05, 4.69) is 0 Å². The van der Waals surface area contributed by atoms with Crippen molar-refractivity contribution < 1.29 is 15.3 Å². The highest BCUT2D eigenvalue weighted by Gasteiger charge is 2.08. The monoisotopic (exact) mass is 216 g/mol. The summed E-state index contributed by atoms with van der Waals surface area (Å²) in [7, 11) is 0. The lowest BCUT2D eigenvalue weighted by molar-refractivity contribution is 0.404. The average Bonchev–Trinajstić information content (AvgIpc) is 2.26. The molecule has 0 heterocycles. The summed E-state index contributed by atoms with van der Waals surface area (Å²) in [5.41, 5.74) is 2.07. The maximum absolute atomic E-state index is 9.87. The van der Waals surface area contributed by atoms with Gasteiger partial charge in [0.15, 0.2) is 11.5 Å². The van der Waals surface area contributed by atoms with Gasteiger partial charge in [-0.25, -0.2) is 0 Å². The van der Waals surface area contributed by atoms with Gasteiger partial charge in [-0.05, 0) is 30.2 Å². The van der Waals surface area contributed by atoms with E-state index in [0.717, 1.165) is 5.56 Å². The molecular weight excluding hydrogens is 204 g/mol. The summed E-state index contributed by atoms with van der Waals surface area (Å²) >= 11 is 0. The van der Waals surface area contributed by atoms with Crippen molar-refractivity contribution in [1.82, 2.24) is 0 Å². The highest BCUT2D eigenvalue weighted by Crippen LogP contribution is 2.35. The van der Waals surface area contributed by atoms with Gasteiger partial charge in [0, 0.05) is 5.56 Å². The van der Waals surface area contributed by atoms with Gasteiger partial charge in [0.05, 0.1) is 0 Å². The van der Waals surface area contributed by atoms with E-state index in [-0.39, 0.29) is 17.2 Å². The van der Waals surface area contributed by atoms with Gasteiger partial charge in [-0.2, -0.15) is 0 Å². The standard InChI is InChI=1S/C13H12O3/c1-8-3-2-4-10(13(8)16)9-5-6-11(14)12(15)7-9/h2-7,14-16H,1H3. The first kappa shape index (κ1) is 10.4. The molecule has 0 aliphatic carbocycles. The van der Waals surface area contributed by atoms with Gasteiger partial charge < -0.3 is 15.3 Å². The lowest BCUT2D eigenvalue weighted by atomic mass is 10.0. The molecule has 0 fully saturated rings. The molecule has 3 nitrogen and oxygen atoms in total. The SMILES string of the molecule is Cc1cccc(-c2ccc(O)c(O)c2)c1O. The van der Waals surface area contributed by atoms with Crippen LogP contribution in [0.1, 0.15) is 5.56 Å². The Labute approximate surface area is 93.2 Å². The zero-order chi connectivity index (χ0) is 11.7. The van der Waals surface area contributed by atoms with Crippen LogP contribution < -0.4 is 0 Å². The maximum atomic E-state index is 9.87. The van der Waals surface area contributed by atoms with Gasteiger partial charge in [0.2, 0.25) is 0 Å². The normalized spacial score (nSPS) is 10.3. The summed E-state index contributed by atoms with van der Waals surface area (Å²) in [5, 5.41) is 28.5. The molecule has 0 spiro atoms. The fraction of sp³-hybridized carbons (Fsp3) is 0.0769. The summed E-state index contributed by atoms with van der Waals surface area (Å²) in [4.78, 5) is 0. The van der Waals surface area contributed by atoms with Crippen LogP contribution in [0.15, 0.2) is 36.4 Å². The number of hydrogen-bond acceptors (Lipinski definition) is 3. The van der Waals surface area contributed by atoms with Crippen molar-refractivity contribution in [3.8, 4) is 28.4 Å². The molecule has 0 atom stereocenters. The van der Waals surface area contributed by atoms with Crippen molar-refractivity contribution in [3.05, 3.63) is 42.0 Å². The lowest BCUT2D eigenvalue weighted by Gasteiger charge is -2.08. The summed E-state index contributed by atoms with van der Waals surface area (Å²) < 4.78 is 0. The van der Waals surface area contributed by atoms with Crippen molar-refractivity contribution in [2.24, 2.45) is 0 Å².